The maximum absolute atomic E-state index is 12.5. The van der Waals surface area contributed by atoms with Gasteiger partial charge in [0.1, 0.15) is 12.4 Å². The molecule has 0 spiro atoms. The molecule has 2 aromatic rings. The smallest absolute Gasteiger partial charge is 0.316 e. The highest BCUT2D eigenvalue weighted by molar-refractivity contribution is 7.99. The maximum atomic E-state index is 12.5. The Balaban J connectivity index is 0.00000220. The monoisotopic (exact) mass is 325 g/mol. The average molecular weight is 326 g/mol. The number of H-pyrrole nitrogens is 1. The van der Waals surface area contributed by atoms with Crippen LogP contribution in [-0.4, -0.2) is 22.7 Å². The Morgan fingerprint density at radius 2 is 2.00 bits per heavy atom. The minimum absolute atomic E-state index is 0. The van der Waals surface area contributed by atoms with Crippen LogP contribution in [0.3, 0.4) is 0 Å². The number of aryl methyl sites for hydroxylation is 1. The Hall–Kier alpha value is -1.46. The number of rotatable bonds is 5. The standard InChI is InChI=1S/C15H19N3OS.ClH/c1-12(2)18(13-7-5-4-6-8-13)14(19)11-20-15-16-9-10-17(15)3;/h4-10,12H,11H2,1-3H3;1H. The molecule has 114 valence electrons. The molecule has 0 aliphatic rings. The highest BCUT2D eigenvalue weighted by Gasteiger charge is 2.20. The molecule has 21 heavy (non-hydrogen) atoms. The summed E-state index contributed by atoms with van der Waals surface area (Å²) in [5.41, 5.74) is 0.948. The van der Waals surface area contributed by atoms with Gasteiger partial charge in [0.2, 0.25) is 5.91 Å². The van der Waals surface area contributed by atoms with Crippen molar-refractivity contribution in [2.24, 2.45) is 7.05 Å². The summed E-state index contributed by atoms with van der Waals surface area (Å²) in [6.45, 7) is 4.06. The molecule has 1 aromatic carbocycles. The number of aromatic amines is 1. The zero-order chi connectivity index (χ0) is 14.5. The van der Waals surface area contributed by atoms with Crippen LogP contribution in [0.4, 0.5) is 5.69 Å². The number of carbonyl (C=O) groups is 1. The number of aromatic nitrogens is 2. The first-order valence-electron chi connectivity index (χ1n) is 6.62. The molecule has 1 aromatic heterocycles. The van der Waals surface area contributed by atoms with Crippen LogP contribution in [0, 0.1) is 0 Å². The summed E-state index contributed by atoms with van der Waals surface area (Å²) in [5, 5.41) is 0.982. The molecule has 0 saturated heterocycles. The second-order valence-corrected chi connectivity index (χ2v) is 5.82. The van der Waals surface area contributed by atoms with Crippen LogP contribution in [0.5, 0.6) is 0 Å². The fourth-order valence-corrected chi connectivity index (χ4v) is 2.87. The van der Waals surface area contributed by atoms with E-state index in [1.807, 2.05) is 73.1 Å². The quantitative estimate of drug-likeness (QED) is 0.588. The molecule has 6 heteroatoms. The number of hydrogen-bond donors (Lipinski definition) is 1. The van der Waals surface area contributed by atoms with E-state index in [9.17, 15) is 4.79 Å². The Morgan fingerprint density at radius 3 is 2.52 bits per heavy atom. The molecule has 0 aliphatic heterocycles. The fraction of sp³-hybridized carbons (Fsp3) is 0.333. The summed E-state index contributed by atoms with van der Waals surface area (Å²) in [6, 6.07) is 9.95. The number of anilines is 1. The van der Waals surface area contributed by atoms with E-state index in [-0.39, 0.29) is 24.4 Å². The number of thioether (sulfide) groups is 1. The van der Waals surface area contributed by atoms with Gasteiger partial charge in [0, 0.05) is 11.7 Å². The van der Waals surface area contributed by atoms with Gasteiger partial charge in [-0.2, -0.15) is 0 Å². The van der Waals surface area contributed by atoms with Crippen LogP contribution >= 0.6 is 11.8 Å². The lowest BCUT2D eigenvalue weighted by Gasteiger charge is -2.26. The molecule has 0 bridgehead atoms. The second kappa shape index (κ2) is 8.10. The minimum Gasteiger partial charge on any atom is -1.00 e. The lowest BCUT2D eigenvalue weighted by Crippen LogP contribution is -3.00. The molecule has 0 fully saturated rings. The highest BCUT2D eigenvalue weighted by atomic mass is 35.5. The maximum Gasteiger partial charge on any atom is 0.316 e. The molecule has 0 radical (unpaired) electrons. The van der Waals surface area contributed by atoms with Crippen LogP contribution in [0.25, 0.3) is 0 Å². The fourth-order valence-electron chi connectivity index (χ4n) is 2.05. The van der Waals surface area contributed by atoms with Gasteiger partial charge in [0.25, 0.3) is 0 Å². The number of nitrogens with one attached hydrogen (secondary N) is 1. The number of para-hydroxylation sites is 1. The molecule has 2 rings (SSSR count). The van der Waals surface area contributed by atoms with Crippen molar-refractivity contribution in [1.29, 1.82) is 0 Å². The summed E-state index contributed by atoms with van der Waals surface area (Å²) in [4.78, 5) is 17.4. The first-order chi connectivity index (χ1) is 9.59. The lowest BCUT2D eigenvalue weighted by atomic mass is 10.2. The van der Waals surface area contributed by atoms with E-state index < -0.39 is 0 Å². The highest BCUT2D eigenvalue weighted by Crippen LogP contribution is 2.19. The molecule has 0 saturated carbocycles. The summed E-state index contributed by atoms with van der Waals surface area (Å²) in [7, 11) is 1.96. The van der Waals surface area contributed by atoms with Crippen LogP contribution < -0.4 is 21.9 Å². The zero-order valence-corrected chi connectivity index (χ0v) is 14.0. The zero-order valence-electron chi connectivity index (χ0n) is 12.4. The van der Waals surface area contributed by atoms with E-state index in [2.05, 4.69) is 4.98 Å². The van der Waals surface area contributed by atoms with E-state index in [4.69, 9.17) is 0 Å². The van der Waals surface area contributed by atoms with Gasteiger partial charge < -0.3 is 17.3 Å². The number of imidazole rings is 1. The van der Waals surface area contributed by atoms with E-state index >= 15 is 0 Å². The number of nitrogens with zero attached hydrogens (tertiary/aromatic N) is 2. The first-order valence-corrected chi connectivity index (χ1v) is 7.61. The number of hydrogen-bond acceptors (Lipinski definition) is 2. The van der Waals surface area contributed by atoms with Gasteiger partial charge in [-0.3, -0.25) is 4.79 Å². The van der Waals surface area contributed by atoms with E-state index in [0.717, 1.165) is 10.8 Å². The third kappa shape index (κ3) is 4.51. The normalized spacial score (nSPS) is 10.3. The summed E-state index contributed by atoms with van der Waals surface area (Å²) in [5.74, 6) is 0.535. The van der Waals surface area contributed by atoms with Gasteiger partial charge in [-0.1, -0.05) is 18.2 Å². The molecule has 0 unspecified atom stereocenters. The predicted octanol–water partition coefficient (Wildman–Crippen LogP) is -0.623. The molecular formula is C15H20ClN3OS. The van der Waals surface area contributed by atoms with Gasteiger partial charge in [-0.25, -0.2) is 9.55 Å². The van der Waals surface area contributed by atoms with Crippen molar-refractivity contribution in [3.63, 3.8) is 0 Å². The molecule has 0 aliphatic carbocycles. The molecular weight excluding hydrogens is 306 g/mol. The Bertz CT molecular complexity index is 571. The number of carbonyl (C=O) groups excluding carboxylic acids is 1. The van der Waals surface area contributed by atoms with Crippen molar-refractivity contribution in [2.45, 2.75) is 25.0 Å². The minimum atomic E-state index is 0. The van der Waals surface area contributed by atoms with E-state index in [1.54, 1.807) is 0 Å². The van der Waals surface area contributed by atoms with Crippen LogP contribution in [0.1, 0.15) is 13.8 Å². The van der Waals surface area contributed by atoms with E-state index in [0.29, 0.717) is 5.75 Å². The van der Waals surface area contributed by atoms with Crippen LogP contribution in [0.2, 0.25) is 0 Å². The van der Waals surface area contributed by atoms with Gasteiger partial charge in [0.15, 0.2) is 0 Å². The van der Waals surface area contributed by atoms with Crippen molar-refractivity contribution in [1.82, 2.24) is 4.98 Å². The van der Waals surface area contributed by atoms with Crippen molar-refractivity contribution in [3.8, 4) is 0 Å². The number of benzene rings is 1. The summed E-state index contributed by atoms with van der Waals surface area (Å²) < 4.78 is 1.97. The predicted molar refractivity (Wildman–Crippen MR) is 81.8 cm³/mol. The van der Waals surface area contributed by atoms with Crippen molar-refractivity contribution >= 4 is 23.4 Å². The third-order valence-corrected chi connectivity index (χ3v) is 4.05. The van der Waals surface area contributed by atoms with Crippen LogP contribution in [-0.2, 0) is 11.8 Å². The van der Waals surface area contributed by atoms with Crippen LogP contribution in [0.15, 0.2) is 47.9 Å². The van der Waals surface area contributed by atoms with Crippen molar-refractivity contribution in [2.75, 3.05) is 10.7 Å². The Kier molecular flexibility index (Phi) is 6.78. The average Bonchev–Trinajstić information content (AvgIpc) is 2.83. The molecule has 1 heterocycles. The largest absolute Gasteiger partial charge is 1.00 e. The first kappa shape index (κ1) is 17.6. The third-order valence-electron chi connectivity index (χ3n) is 2.98. The lowest BCUT2D eigenvalue weighted by molar-refractivity contribution is -0.708. The summed E-state index contributed by atoms with van der Waals surface area (Å²) >= 11 is 1.52. The Labute approximate surface area is 136 Å². The van der Waals surface area contributed by atoms with Crippen molar-refractivity contribution < 1.29 is 21.8 Å². The number of amides is 1. The second-order valence-electron chi connectivity index (χ2n) is 4.86. The molecule has 1 amide bonds. The molecule has 1 N–H and O–H groups in total. The van der Waals surface area contributed by atoms with Gasteiger partial charge in [-0.05, 0) is 37.7 Å². The molecule has 0 atom stereocenters. The Morgan fingerprint density at radius 1 is 1.33 bits per heavy atom. The SMILES string of the molecule is CC(C)N(C(=O)CSc1[nH]cc[n+]1C)c1ccccc1.[Cl-]. The summed E-state index contributed by atoms with van der Waals surface area (Å²) in [6.07, 6.45) is 3.80. The van der Waals surface area contributed by atoms with Gasteiger partial charge in [-0.15, -0.1) is 0 Å². The van der Waals surface area contributed by atoms with Crippen molar-refractivity contribution in [3.05, 3.63) is 42.7 Å². The number of halogens is 1. The van der Waals surface area contributed by atoms with E-state index in [1.165, 1.54) is 11.8 Å². The van der Waals surface area contributed by atoms with Gasteiger partial charge >= 0.3 is 5.16 Å². The topological polar surface area (TPSA) is 40.0 Å². The van der Waals surface area contributed by atoms with Gasteiger partial charge in [0.05, 0.1) is 12.8 Å². The molecule has 4 nitrogen and oxygen atoms in total.